The van der Waals surface area contributed by atoms with E-state index in [0.717, 1.165) is 26.3 Å². The first-order valence-electron chi connectivity index (χ1n) is 7.69. The van der Waals surface area contributed by atoms with Crippen LogP contribution in [-0.4, -0.2) is 51.3 Å². The van der Waals surface area contributed by atoms with Gasteiger partial charge >= 0.3 is 0 Å². The van der Waals surface area contributed by atoms with Crippen LogP contribution in [0.15, 0.2) is 0 Å². The van der Waals surface area contributed by atoms with E-state index in [1.165, 1.54) is 45.2 Å². The number of rotatable bonds is 9. The van der Waals surface area contributed by atoms with Gasteiger partial charge in [0.05, 0.1) is 6.61 Å². The molecule has 3 heteroatoms. The first-order valence-corrected chi connectivity index (χ1v) is 7.69. The van der Waals surface area contributed by atoms with Crippen LogP contribution in [0.1, 0.15) is 46.0 Å². The Morgan fingerprint density at radius 3 is 2.72 bits per heavy atom. The molecule has 1 aliphatic rings. The first-order chi connectivity index (χ1) is 8.72. The molecule has 1 N–H and O–H groups in total. The lowest BCUT2D eigenvalue weighted by Crippen LogP contribution is -2.48. The van der Waals surface area contributed by atoms with Crippen LogP contribution in [0.5, 0.6) is 0 Å². The molecule has 0 bridgehead atoms. The van der Waals surface area contributed by atoms with Gasteiger partial charge in [-0.2, -0.15) is 0 Å². The minimum atomic E-state index is 0.342. The van der Waals surface area contributed by atoms with Crippen molar-refractivity contribution in [2.45, 2.75) is 46.0 Å². The molecule has 0 aromatic carbocycles. The van der Waals surface area contributed by atoms with Crippen LogP contribution in [0.25, 0.3) is 0 Å². The normalized spacial score (nSPS) is 24.7. The summed E-state index contributed by atoms with van der Waals surface area (Å²) in [5.74, 6) is 0. The third-order valence-electron chi connectivity index (χ3n) is 3.90. The highest BCUT2D eigenvalue weighted by molar-refractivity contribution is 4.86. The Morgan fingerprint density at radius 1 is 1.28 bits per heavy atom. The highest BCUT2D eigenvalue weighted by Crippen LogP contribution is 2.29. The zero-order chi connectivity index (χ0) is 13.3. The number of unbranched alkanes of at least 4 members (excludes halogenated alkanes) is 2. The first kappa shape index (κ1) is 15.9. The monoisotopic (exact) mass is 256 g/mol. The van der Waals surface area contributed by atoms with Gasteiger partial charge in [0.15, 0.2) is 0 Å². The minimum absolute atomic E-state index is 0.342. The lowest BCUT2D eigenvalue weighted by molar-refractivity contribution is -0.0225. The van der Waals surface area contributed by atoms with Gasteiger partial charge in [-0.1, -0.05) is 26.7 Å². The van der Waals surface area contributed by atoms with Gasteiger partial charge in [-0.3, -0.25) is 0 Å². The molecular weight excluding hydrogens is 224 g/mol. The maximum atomic E-state index is 5.74. The van der Waals surface area contributed by atoms with Crippen molar-refractivity contribution in [3.05, 3.63) is 0 Å². The molecule has 0 radical (unpaired) electrons. The highest BCUT2D eigenvalue weighted by atomic mass is 16.5. The lowest BCUT2D eigenvalue weighted by atomic mass is 9.81. The molecule has 1 fully saturated rings. The molecule has 0 amide bonds. The van der Waals surface area contributed by atoms with E-state index in [1.54, 1.807) is 0 Å². The second kappa shape index (κ2) is 8.89. The molecule has 1 saturated heterocycles. The Morgan fingerprint density at radius 2 is 2.11 bits per heavy atom. The number of nitrogens with one attached hydrogen (secondary N) is 1. The van der Waals surface area contributed by atoms with Crippen LogP contribution in [0.3, 0.4) is 0 Å². The second-order valence-electron chi connectivity index (χ2n) is 5.88. The van der Waals surface area contributed by atoms with Crippen LogP contribution in [0.4, 0.5) is 0 Å². The molecule has 1 heterocycles. The number of ether oxygens (including phenoxy) is 1. The van der Waals surface area contributed by atoms with E-state index in [9.17, 15) is 0 Å². The van der Waals surface area contributed by atoms with Gasteiger partial charge in [0, 0.05) is 25.1 Å². The number of hydrogen-bond acceptors (Lipinski definition) is 3. The molecule has 0 aromatic heterocycles. The molecule has 0 aliphatic carbocycles. The van der Waals surface area contributed by atoms with Crippen molar-refractivity contribution in [2.75, 3.05) is 46.4 Å². The lowest BCUT2D eigenvalue weighted by Gasteiger charge is -2.40. The third kappa shape index (κ3) is 5.68. The van der Waals surface area contributed by atoms with E-state index in [4.69, 9.17) is 4.74 Å². The van der Waals surface area contributed by atoms with Crippen molar-refractivity contribution < 1.29 is 4.74 Å². The fourth-order valence-corrected chi connectivity index (χ4v) is 2.90. The molecule has 0 saturated carbocycles. The van der Waals surface area contributed by atoms with Crippen LogP contribution < -0.4 is 5.32 Å². The van der Waals surface area contributed by atoms with Crippen LogP contribution in [0, 0.1) is 5.41 Å². The highest BCUT2D eigenvalue weighted by Gasteiger charge is 2.33. The van der Waals surface area contributed by atoms with Crippen molar-refractivity contribution in [2.24, 2.45) is 5.41 Å². The predicted octanol–water partition coefficient (Wildman–Crippen LogP) is 2.51. The van der Waals surface area contributed by atoms with E-state index < -0.39 is 0 Å². The third-order valence-corrected chi connectivity index (χ3v) is 3.90. The largest absolute Gasteiger partial charge is 0.381 e. The number of hydrogen-bond donors (Lipinski definition) is 1. The number of nitrogens with zero attached hydrogens (tertiary/aromatic N) is 1. The van der Waals surface area contributed by atoms with Crippen molar-refractivity contribution in [1.82, 2.24) is 10.2 Å². The van der Waals surface area contributed by atoms with E-state index in [1.807, 2.05) is 0 Å². The van der Waals surface area contributed by atoms with Crippen LogP contribution in [-0.2, 0) is 4.74 Å². The van der Waals surface area contributed by atoms with Gasteiger partial charge in [-0.15, -0.1) is 0 Å². The quantitative estimate of drug-likeness (QED) is 0.642. The zero-order valence-corrected chi connectivity index (χ0v) is 12.6. The summed E-state index contributed by atoms with van der Waals surface area (Å²) in [7, 11) is 2.26. The van der Waals surface area contributed by atoms with E-state index in [0.29, 0.717) is 5.41 Å². The Hall–Kier alpha value is -0.120. The average Bonchev–Trinajstić information content (AvgIpc) is 2.38. The average molecular weight is 256 g/mol. The van der Waals surface area contributed by atoms with Gasteiger partial charge < -0.3 is 15.0 Å². The minimum Gasteiger partial charge on any atom is -0.381 e. The topological polar surface area (TPSA) is 24.5 Å². The molecule has 1 unspecified atom stereocenters. The second-order valence-corrected chi connectivity index (χ2v) is 5.88. The van der Waals surface area contributed by atoms with E-state index >= 15 is 0 Å². The molecule has 3 nitrogen and oxygen atoms in total. The van der Waals surface area contributed by atoms with Gasteiger partial charge in [-0.05, 0) is 39.4 Å². The van der Waals surface area contributed by atoms with Gasteiger partial charge in [0.25, 0.3) is 0 Å². The Bertz CT molecular complexity index is 203. The van der Waals surface area contributed by atoms with Crippen LogP contribution in [0.2, 0.25) is 0 Å². The molecule has 108 valence electrons. The fraction of sp³-hybridized carbons (Fsp3) is 1.00. The van der Waals surface area contributed by atoms with E-state index in [2.05, 4.69) is 31.1 Å². The maximum absolute atomic E-state index is 5.74. The molecule has 1 atom stereocenters. The van der Waals surface area contributed by atoms with E-state index in [-0.39, 0.29) is 0 Å². The molecule has 1 rings (SSSR count). The van der Waals surface area contributed by atoms with Gasteiger partial charge in [0.2, 0.25) is 0 Å². The Balaban J connectivity index is 2.39. The van der Waals surface area contributed by atoms with Crippen molar-refractivity contribution in [3.63, 3.8) is 0 Å². The molecule has 1 aliphatic heterocycles. The van der Waals surface area contributed by atoms with Crippen molar-refractivity contribution >= 4 is 0 Å². The van der Waals surface area contributed by atoms with Crippen molar-refractivity contribution in [1.29, 1.82) is 0 Å². The Kier molecular flexibility index (Phi) is 7.87. The summed E-state index contributed by atoms with van der Waals surface area (Å²) in [6, 6.07) is 0. The van der Waals surface area contributed by atoms with Gasteiger partial charge in [-0.25, -0.2) is 0 Å². The molecule has 18 heavy (non-hydrogen) atoms. The van der Waals surface area contributed by atoms with Crippen LogP contribution >= 0.6 is 0 Å². The summed E-state index contributed by atoms with van der Waals surface area (Å²) in [5, 5.41) is 3.52. The van der Waals surface area contributed by atoms with Gasteiger partial charge in [0.1, 0.15) is 0 Å². The summed E-state index contributed by atoms with van der Waals surface area (Å²) in [4.78, 5) is 2.50. The SMILES string of the molecule is CCCCCN(C)CC1(CNCC)CCCOC1. The summed E-state index contributed by atoms with van der Waals surface area (Å²) in [5.41, 5.74) is 0.342. The molecular formula is C15H32N2O. The summed E-state index contributed by atoms with van der Waals surface area (Å²) < 4.78 is 5.74. The maximum Gasteiger partial charge on any atom is 0.0546 e. The molecule has 0 spiro atoms. The summed E-state index contributed by atoms with van der Waals surface area (Å²) in [6.07, 6.45) is 6.50. The predicted molar refractivity (Wildman–Crippen MR) is 78.1 cm³/mol. The van der Waals surface area contributed by atoms with Crippen molar-refractivity contribution in [3.8, 4) is 0 Å². The standard InChI is InChI=1S/C15H32N2O/c1-4-6-7-10-17(3)13-15(12-16-5-2)9-8-11-18-14-15/h16H,4-14H2,1-3H3. The Labute approximate surface area is 113 Å². The fourth-order valence-electron chi connectivity index (χ4n) is 2.90. The smallest absolute Gasteiger partial charge is 0.0546 e. The zero-order valence-electron chi connectivity index (χ0n) is 12.6. The summed E-state index contributed by atoms with van der Waals surface area (Å²) >= 11 is 0. The molecule has 0 aromatic rings. The summed E-state index contributed by atoms with van der Waals surface area (Å²) in [6.45, 7) is 10.9.